The molecular weight excluding hydrogens is 444 g/mol. The van der Waals surface area contributed by atoms with Crippen LogP contribution in [0.5, 0.6) is 0 Å². The summed E-state index contributed by atoms with van der Waals surface area (Å²) in [6.45, 7) is 6.84. The predicted octanol–water partition coefficient (Wildman–Crippen LogP) is 4.80. The van der Waals surface area contributed by atoms with Gasteiger partial charge in [0.2, 0.25) is 5.91 Å². The molecule has 3 rings (SSSR count). The highest BCUT2D eigenvalue weighted by molar-refractivity contribution is 5.79. The van der Waals surface area contributed by atoms with Crippen LogP contribution in [0.3, 0.4) is 0 Å². The Hall–Kier alpha value is -3.35. The Balaban J connectivity index is 1.49. The topological polar surface area (TPSA) is 105 Å². The minimum Gasteiger partial charge on any atom is -0.481 e. The van der Waals surface area contributed by atoms with Crippen LogP contribution in [0, 0.1) is 17.8 Å². The van der Waals surface area contributed by atoms with Crippen LogP contribution < -0.4 is 10.6 Å². The number of carbonyl (C=O) groups excluding carboxylic acids is 2. The number of amides is 2. The summed E-state index contributed by atoms with van der Waals surface area (Å²) < 4.78 is 5.60. The Morgan fingerprint density at radius 3 is 2.06 bits per heavy atom. The molecule has 0 saturated carbocycles. The fourth-order valence-electron chi connectivity index (χ4n) is 4.58. The molecule has 2 amide bonds. The van der Waals surface area contributed by atoms with Gasteiger partial charge in [0, 0.05) is 31.8 Å². The third kappa shape index (κ3) is 7.07. The first-order valence-electron chi connectivity index (χ1n) is 12.4. The Bertz CT molecular complexity index is 990. The second-order valence-electron chi connectivity index (χ2n) is 9.59. The molecule has 0 bridgehead atoms. The number of rotatable bonds is 12. The number of ether oxygens (including phenoxy) is 1. The van der Waals surface area contributed by atoms with Crippen LogP contribution >= 0.6 is 0 Å². The van der Waals surface area contributed by atoms with E-state index in [9.17, 15) is 14.4 Å². The van der Waals surface area contributed by atoms with Gasteiger partial charge >= 0.3 is 12.1 Å². The van der Waals surface area contributed by atoms with Crippen LogP contribution in [0.15, 0.2) is 48.5 Å². The van der Waals surface area contributed by atoms with Crippen LogP contribution in [0.2, 0.25) is 0 Å². The molecular formula is C28H36N2O5. The number of alkyl carbamates (subject to hydrolysis) is 1. The molecule has 0 spiro atoms. The third-order valence-electron chi connectivity index (χ3n) is 6.87. The normalized spacial score (nSPS) is 14.1. The monoisotopic (exact) mass is 480 g/mol. The van der Waals surface area contributed by atoms with Crippen molar-refractivity contribution in [2.75, 3.05) is 19.7 Å². The van der Waals surface area contributed by atoms with Gasteiger partial charge in [-0.2, -0.15) is 0 Å². The minimum absolute atomic E-state index is 0.00265. The average Bonchev–Trinajstić information content (AvgIpc) is 3.16. The highest BCUT2D eigenvalue weighted by Gasteiger charge is 2.29. The summed E-state index contributed by atoms with van der Waals surface area (Å²) in [5.74, 6) is -0.976. The number of carboxylic acid groups (broad SMARTS) is 1. The molecule has 3 N–H and O–H groups in total. The number of nitrogens with one attached hydrogen (secondary N) is 2. The van der Waals surface area contributed by atoms with Crippen LogP contribution in [0.4, 0.5) is 4.79 Å². The fourth-order valence-corrected chi connectivity index (χ4v) is 4.58. The quantitative estimate of drug-likeness (QED) is 0.405. The minimum atomic E-state index is -0.863. The van der Waals surface area contributed by atoms with Gasteiger partial charge in [-0.15, -0.1) is 0 Å². The maximum Gasteiger partial charge on any atom is 0.407 e. The van der Waals surface area contributed by atoms with E-state index >= 15 is 0 Å². The molecule has 0 aromatic heterocycles. The van der Waals surface area contributed by atoms with Crippen molar-refractivity contribution < 1.29 is 24.2 Å². The van der Waals surface area contributed by atoms with Crippen LogP contribution in [-0.4, -0.2) is 42.8 Å². The summed E-state index contributed by atoms with van der Waals surface area (Å²) in [5.41, 5.74) is 4.67. The Morgan fingerprint density at radius 1 is 0.914 bits per heavy atom. The maximum atomic E-state index is 12.5. The van der Waals surface area contributed by atoms with Crippen molar-refractivity contribution in [3.8, 4) is 11.1 Å². The number of carboxylic acids is 1. The Kier molecular flexibility index (Phi) is 9.29. The zero-order valence-corrected chi connectivity index (χ0v) is 20.8. The van der Waals surface area contributed by atoms with Crippen molar-refractivity contribution in [1.82, 2.24) is 10.6 Å². The predicted molar refractivity (Wildman–Crippen MR) is 135 cm³/mol. The second kappa shape index (κ2) is 12.4. The van der Waals surface area contributed by atoms with E-state index in [0.29, 0.717) is 19.5 Å². The molecule has 0 aliphatic heterocycles. The lowest BCUT2D eigenvalue weighted by molar-refractivity contribution is -0.138. The summed E-state index contributed by atoms with van der Waals surface area (Å²) in [7, 11) is 0. The molecule has 2 aromatic rings. The summed E-state index contributed by atoms with van der Waals surface area (Å²) in [4.78, 5) is 35.9. The molecule has 188 valence electrons. The summed E-state index contributed by atoms with van der Waals surface area (Å²) >= 11 is 0. The van der Waals surface area contributed by atoms with E-state index < -0.39 is 12.1 Å². The molecule has 0 saturated heterocycles. The number of hydrogen-bond acceptors (Lipinski definition) is 4. The second-order valence-corrected chi connectivity index (χ2v) is 9.59. The van der Waals surface area contributed by atoms with Crippen molar-refractivity contribution in [1.29, 1.82) is 0 Å². The van der Waals surface area contributed by atoms with E-state index in [1.165, 1.54) is 11.1 Å². The zero-order valence-electron chi connectivity index (χ0n) is 20.8. The van der Waals surface area contributed by atoms with Crippen molar-refractivity contribution >= 4 is 18.0 Å². The van der Waals surface area contributed by atoms with E-state index in [1.54, 1.807) is 0 Å². The number of hydrogen-bond donors (Lipinski definition) is 3. The molecule has 7 heteroatoms. The molecule has 0 fully saturated rings. The molecule has 0 radical (unpaired) electrons. The fraction of sp³-hybridized carbons (Fsp3) is 0.464. The highest BCUT2D eigenvalue weighted by atomic mass is 16.5. The summed E-state index contributed by atoms with van der Waals surface area (Å²) in [6.07, 6.45) is 0.479. The van der Waals surface area contributed by atoms with Gasteiger partial charge in [0.05, 0.1) is 0 Å². The van der Waals surface area contributed by atoms with Crippen molar-refractivity contribution in [3.05, 3.63) is 59.7 Å². The van der Waals surface area contributed by atoms with Crippen molar-refractivity contribution in [2.45, 2.75) is 46.0 Å². The molecule has 2 aromatic carbocycles. The Morgan fingerprint density at radius 2 is 1.51 bits per heavy atom. The lowest BCUT2D eigenvalue weighted by Gasteiger charge is -2.22. The largest absolute Gasteiger partial charge is 0.481 e. The van der Waals surface area contributed by atoms with Crippen LogP contribution in [0.25, 0.3) is 11.1 Å². The third-order valence-corrected chi connectivity index (χ3v) is 6.87. The molecule has 0 heterocycles. The smallest absolute Gasteiger partial charge is 0.407 e. The van der Waals surface area contributed by atoms with E-state index in [1.807, 2.05) is 45.0 Å². The molecule has 7 nitrogen and oxygen atoms in total. The van der Waals surface area contributed by atoms with Crippen molar-refractivity contribution in [3.63, 3.8) is 0 Å². The lowest BCUT2D eigenvalue weighted by Crippen LogP contribution is -2.37. The first kappa shape index (κ1) is 26.3. The van der Waals surface area contributed by atoms with Gasteiger partial charge in [-0.25, -0.2) is 4.79 Å². The average molecular weight is 481 g/mol. The molecule has 2 atom stereocenters. The number of aliphatic carboxylic acids is 1. The Labute approximate surface area is 207 Å². The highest BCUT2D eigenvalue weighted by Crippen LogP contribution is 2.44. The first-order valence-corrected chi connectivity index (χ1v) is 12.4. The molecule has 1 aliphatic rings. The molecule has 35 heavy (non-hydrogen) atoms. The van der Waals surface area contributed by atoms with E-state index in [-0.39, 0.29) is 49.0 Å². The van der Waals surface area contributed by atoms with Gasteiger partial charge in [0.25, 0.3) is 0 Å². The van der Waals surface area contributed by atoms with Gasteiger partial charge in [-0.3, -0.25) is 9.59 Å². The lowest BCUT2D eigenvalue weighted by atomic mass is 9.92. The first-order chi connectivity index (χ1) is 16.8. The van der Waals surface area contributed by atoms with Gasteiger partial charge < -0.3 is 20.5 Å². The summed E-state index contributed by atoms with van der Waals surface area (Å²) in [5, 5.41) is 14.6. The van der Waals surface area contributed by atoms with E-state index in [2.05, 4.69) is 34.9 Å². The number of fused-ring (bicyclic) bond motifs is 3. The van der Waals surface area contributed by atoms with Crippen LogP contribution in [0.1, 0.15) is 57.1 Å². The van der Waals surface area contributed by atoms with Crippen LogP contribution in [-0.2, 0) is 14.3 Å². The van der Waals surface area contributed by atoms with Gasteiger partial charge in [-0.05, 0) is 40.0 Å². The molecule has 1 aliphatic carbocycles. The maximum absolute atomic E-state index is 12.5. The van der Waals surface area contributed by atoms with Gasteiger partial charge in [-0.1, -0.05) is 75.7 Å². The van der Waals surface area contributed by atoms with Crippen molar-refractivity contribution in [2.24, 2.45) is 17.8 Å². The number of benzene rings is 2. The van der Waals surface area contributed by atoms with Gasteiger partial charge in [0.15, 0.2) is 0 Å². The standard InChI is InChI=1S/C28H36N2O5/c1-4-19(13-27(32)33)15-29-26(31)14-20(18(2)3)16-30-28(34)35-17-25-23-11-7-5-9-21(23)22-10-6-8-12-24(22)25/h5-12,18-20,25H,4,13-17H2,1-3H3,(H,29,31)(H,30,34)(H,32,33). The summed E-state index contributed by atoms with van der Waals surface area (Å²) in [6, 6.07) is 16.4. The SMILES string of the molecule is CCC(CNC(=O)CC(CNC(=O)OCC1c2ccccc2-c2ccccc21)C(C)C)CC(=O)O. The van der Waals surface area contributed by atoms with E-state index in [0.717, 1.165) is 11.1 Å². The number of carbonyl (C=O) groups is 3. The van der Waals surface area contributed by atoms with Gasteiger partial charge in [0.1, 0.15) is 6.61 Å². The molecule has 2 unspecified atom stereocenters. The zero-order chi connectivity index (χ0) is 25.4. The van der Waals surface area contributed by atoms with E-state index in [4.69, 9.17) is 9.84 Å².